The van der Waals surface area contributed by atoms with Crippen LogP contribution in [-0.4, -0.2) is 21.9 Å². The van der Waals surface area contributed by atoms with E-state index >= 15 is 0 Å². The Morgan fingerprint density at radius 2 is 1.95 bits per heavy atom. The highest BCUT2D eigenvalue weighted by molar-refractivity contribution is 6.32. The van der Waals surface area contributed by atoms with Gasteiger partial charge in [-0.2, -0.15) is 0 Å². The summed E-state index contributed by atoms with van der Waals surface area (Å²) in [6, 6.07) is 6.17. The van der Waals surface area contributed by atoms with Crippen LogP contribution < -0.4 is 0 Å². The second kappa shape index (κ2) is 5.07. The summed E-state index contributed by atoms with van der Waals surface area (Å²) in [7, 11) is 2.13. The summed E-state index contributed by atoms with van der Waals surface area (Å²) in [6.45, 7) is 0.720. The van der Waals surface area contributed by atoms with E-state index in [0.29, 0.717) is 5.15 Å². The van der Waals surface area contributed by atoms with Crippen LogP contribution in [0.2, 0.25) is 15.5 Å². The first-order chi connectivity index (χ1) is 10.5. The van der Waals surface area contributed by atoms with Crippen LogP contribution in [0.3, 0.4) is 0 Å². The monoisotopic (exact) mass is 353 g/mol. The summed E-state index contributed by atoms with van der Waals surface area (Å²) < 4.78 is 0. The fourth-order valence-corrected chi connectivity index (χ4v) is 4.62. The van der Waals surface area contributed by atoms with Crippen molar-refractivity contribution in [3.63, 3.8) is 0 Å². The van der Waals surface area contributed by atoms with Crippen molar-refractivity contribution in [2.24, 2.45) is 0 Å². The minimum Gasteiger partial charge on any atom is -0.292 e. The molecule has 1 aliphatic heterocycles. The van der Waals surface area contributed by atoms with Crippen LogP contribution in [-0.2, 0) is 24.9 Å². The summed E-state index contributed by atoms with van der Waals surface area (Å²) in [5, 5.41) is 1.53. The molecule has 4 rings (SSSR count). The Kier molecular flexibility index (Phi) is 3.39. The van der Waals surface area contributed by atoms with Gasteiger partial charge in [-0.15, -0.1) is 0 Å². The fourth-order valence-electron chi connectivity index (χ4n) is 3.87. The smallest absolute Gasteiger partial charge is 0.224 e. The molecule has 0 bridgehead atoms. The molecule has 1 atom stereocenters. The van der Waals surface area contributed by atoms with Crippen molar-refractivity contribution in [3.05, 3.63) is 56.0 Å². The molecule has 0 fully saturated rings. The molecule has 0 radical (unpaired) electrons. The summed E-state index contributed by atoms with van der Waals surface area (Å²) in [4.78, 5) is 10.8. The number of halogens is 3. The lowest BCUT2D eigenvalue weighted by molar-refractivity contribution is 0.0930. The number of likely N-dealkylation sites (N-methyl/N-ethyl adjacent to an activating group) is 1. The molecular formula is C16H14Cl3N3. The SMILES string of the molecule is CN1Cc2c(Cl)nc(Cl)nc2CC12CCc1c(Cl)cccc12. The van der Waals surface area contributed by atoms with Crippen molar-refractivity contribution in [1.82, 2.24) is 14.9 Å². The normalized spacial score (nSPS) is 23.6. The van der Waals surface area contributed by atoms with Gasteiger partial charge >= 0.3 is 0 Å². The third-order valence-corrected chi connectivity index (χ3v) is 5.85. The van der Waals surface area contributed by atoms with E-state index in [2.05, 4.69) is 28.0 Å². The minimum atomic E-state index is -0.0752. The number of benzene rings is 1. The van der Waals surface area contributed by atoms with Gasteiger partial charge in [-0.25, -0.2) is 9.97 Å². The van der Waals surface area contributed by atoms with Gasteiger partial charge in [-0.1, -0.05) is 35.3 Å². The molecule has 0 saturated carbocycles. The Morgan fingerprint density at radius 3 is 2.77 bits per heavy atom. The number of rotatable bonds is 0. The Hall–Kier alpha value is -0.870. The topological polar surface area (TPSA) is 29.0 Å². The van der Waals surface area contributed by atoms with Crippen LogP contribution in [0.5, 0.6) is 0 Å². The molecule has 1 aliphatic carbocycles. The van der Waals surface area contributed by atoms with E-state index in [1.54, 1.807) is 0 Å². The van der Waals surface area contributed by atoms with Crippen LogP contribution in [0.1, 0.15) is 28.8 Å². The van der Waals surface area contributed by atoms with E-state index in [1.807, 2.05) is 12.1 Å². The fraction of sp³-hybridized carbons (Fsp3) is 0.375. The highest BCUT2D eigenvalue weighted by atomic mass is 35.5. The third-order valence-electron chi connectivity index (χ3n) is 5.01. The molecular weight excluding hydrogens is 341 g/mol. The van der Waals surface area contributed by atoms with Gasteiger partial charge in [0.05, 0.1) is 11.2 Å². The summed E-state index contributed by atoms with van der Waals surface area (Å²) in [6.07, 6.45) is 2.80. The van der Waals surface area contributed by atoms with Gasteiger partial charge < -0.3 is 0 Å². The standard InChI is InChI=1S/C16H14Cl3N3/c1-22-8-10-13(20-15(19)21-14(10)18)7-16(22)6-5-9-11(16)3-2-4-12(9)17/h2-4H,5-8H2,1H3. The van der Waals surface area contributed by atoms with Crippen LogP contribution in [0.4, 0.5) is 0 Å². The minimum absolute atomic E-state index is 0.0752. The number of hydrogen-bond donors (Lipinski definition) is 0. The number of hydrogen-bond acceptors (Lipinski definition) is 3. The van der Waals surface area contributed by atoms with Crippen molar-refractivity contribution in [2.45, 2.75) is 31.3 Å². The van der Waals surface area contributed by atoms with E-state index in [9.17, 15) is 0 Å². The summed E-state index contributed by atoms with van der Waals surface area (Å²) in [5.74, 6) is 0. The van der Waals surface area contributed by atoms with Gasteiger partial charge in [0.15, 0.2) is 0 Å². The van der Waals surface area contributed by atoms with Gasteiger partial charge in [-0.05, 0) is 48.7 Å². The number of fused-ring (bicyclic) bond motifs is 3. The highest BCUT2D eigenvalue weighted by Gasteiger charge is 2.46. The molecule has 1 unspecified atom stereocenters. The molecule has 1 aromatic carbocycles. The predicted octanol–water partition coefficient (Wildman–Crippen LogP) is 4.27. The average molecular weight is 355 g/mol. The van der Waals surface area contributed by atoms with Crippen LogP contribution in [0.25, 0.3) is 0 Å². The lowest BCUT2D eigenvalue weighted by Gasteiger charge is -2.44. The maximum atomic E-state index is 6.38. The molecule has 0 N–H and O–H groups in total. The maximum Gasteiger partial charge on any atom is 0.224 e. The maximum absolute atomic E-state index is 6.38. The molecule has 22 heavy (non-hydrogen) atoms. The Morgan fingerprint density at radius 1 is 1.14 bits per heavy atom. The van der Waals surface area contributed by atoms with Crippen LogP contribution in [0, 0.1) is 0 Å². The van der Waals surface area contributed by atoms with Crippen molar-refractivity contribution < 1.29 is 0 Å². The molecule has 1 aromatic heterocycles. The first kappa shape index (κ1) is 14.7. The van der Waals surface area contributed by atoms with E-state index < -0.39 is 0 Å². The molecule has 2 aromatic rings. The Balaban J connectivity index is 1.87. The van der Waals surface area contributed by atoms with Gasteiger partial charge in [-0.3, -0.25) is 4.90 Å². The number of aromatic nitrogens is 2. The summed E-state index contributed by atoms with van der Waals surface area (Å²) in [5.41, 5.74) is 4.42. The zero-order valence-electron chi connectivity index (χ0n) is 12.0. The van der Waals surface area contributed by atoms with Crippen molar-refractivity contribution in [1.29, 1.82) is 0 Å². The van der Waals surface area contributed by atoms with Crippen molar-refractivity contribution in [2.75, 3.05) is 7.05 Å². The zero-order valence-corrected chi connectivity index (χ0v) is 14.3. The molecule has 6 heteroatoms. The van der Waals surface area contributed by atoms with Crippen molar-refractivity contribution >= 4 is 34.8 Å². The molecule has 114 valence electrons. The van der Waals surface area contributed by atoms with Gasteiger partial charge in [0.1, 0.15) is 5.15 Å². The van der Waals surface area contributed by atoms with Crippen LogP contribution >= 0.6 is 34.8 Å². The Labute approximate surface area is 144 Å². The van der Waals surface area contributed by atoms with E-state index in [1.165, 1.54) is 11.1 Å². The molecule has 0 saturated heterocycles. The van der Waals surface area contributed by atoms with Crippen LogP contribution in [0.15, 0.2) is 18.2 Å². The van der Waals surface area contributed by atoms with E-state index in [4.69, 9.17) is 34.8 Å². The molecule has 0 amide bonds. The van der Waals surface area contributed by atoms with Crippen molar-refractivity contribution in [3.8, 4) is 0 Å². The second-order valence-electron chi connectivity index (χ2n) is 6.04. The quantitative estimate of drug-likeness (QED) is 0.523. The largest absolute Gasteiger partial charge is 0.292 e. The lowest BCUT2D eigenvalue weighted by Crippen LogP contribution is -2.47. The van der Waals surface area contributed by atoms with Gasteiger partial charge in [0.25, 0.3) is 0 Å². The third kappa shape index (κ3) is 2.00. The zero-order chi connectivity index (χ0) is 15.5. The lowest BCUT2D eigenvalue weighted by atomic mass is 9.81. The number of nitrogens with zero attached hydrogens (tertiary/aromatic N) is 3. The van der Waals surface area contributed by atoms with Gasteiger partial charge in [0.2, 0.25) is 5.28 Å². The first-order valence-electron chi connectivity index (χ1n) is 7.21. The molecule has 1 spiro atoms. The average Bonchev–Trinajstić information content (AvgIpc) is 2.83. The highest BCUT2D eigenvalue weighted by Crippen LogP contribution is 2.48. The summed E-state index contributed by atoms with van der Waals surface area (Å²) >= 11 is 18.6. The first-order valence-corrected chi connectivity index (χ1v) is 8.34. The molecule has 2 heterocycles. The van der Waals surface area contributed by atoms with E-state index in [0.717, 1.165) is 42.1 Å². The molecule has 2 aliphatic rings. The predicted molar refractivity (Wildman–Crippen MR) is 88.7 cm³/mol. The molecule has 3 nitrogen and oxygen atoms in total. The second-order valence-corrected chi connectivity index (χ2v) is 7.14. The van der Waals surface area contributed by atoms with E-state index in [-0.39, 0.29) is 10.8 Å². The Bertz CT molecular complexity index is 777. The van der Waals surface area contributed by atoms with Gasteiger partial charge in [0, 0.05) is 23.6 Å².